The average Bonchev–Trinajstić information content (AvgIpc) is 2.81. The number of hydrogen-bond donors (Lipinski definition) is 0. The van der Waals surface area contributed by atoms with Gasteiger partial charge in [0.1, 0.15) is 0 Å². The number of fused-ring (bicyclic) bond motifs is 1. The molecule has 0 aliphatic carbocycles. The van der Waals surface area contributed by atoms with Gasteiger partial charge in [0.15, 0.2) is 0 Å². The normalized spacial score (nSPS) is 16.1. The van der Waals surface area contributed by atoms with Crippen LogP contribution in [0.3, 0.4) is 0 Å². The maximum atomic E-state index is 14.4. The van der Waals surface area contributed by atoms with Gasteiger partial charge in [0.05, 0.1) is 0 Å². The van der Waals surface area contributed by atoms with E-state index in [0.29, 0.717) is 23.3 Å². The van der Waals surface area contributed by atoms with Crippen LogP contribution in [0, 0.1) is 0 Å². The van der Waals surface area contributed by atoms with Crippen molar-refractivity contribution in [3.63, 3.8) is 0 Å². The number of halogens is 17. The second-order valence-corrected chi connectivity index (χ2v) is 14.4. The molecule has 2 aromatic carbocycles. The fraction of sp³-hybridized carbons (Fsp3) is 0.524. The first-order valence-corrected chi connectivity index (χ1v) is 14.6. The lowest BCUT2D eigenvalue weighted by Gasteiger charge is -2.42. The van der Waals surface area contributed by atoms with Crippen molar-refractivity contribution in [3.8, 4) is 0 Å². The maximum Gasteiger partial charge on any atom is 0.460 e. The molecule has 0 amide bonds. The molecule has 2 rings (SSSR count). The van der Waals surface area contributed by atoms with Crippen LogP contribution in [-0.2, 0) is 19.5 Å². The van der Waals surface area contributed by atoms with Gasteiger partial charge in [-0.15, -0.1) is 10.3 Å². The van der Waals surface area contributed by atoms with E-state index in [9.17, 15) is 83.1 Å². The van der Waals surface area contributed by atoms with E-state index < -0.39 is 73.1 Å². The third-order valence-corrected chi connectivity index (χ3v) is 9.71. The Morgan fingerprint density at radius 2 is 0.953 bits per heavy atom. The van der Waals surface area contributed by atoms with E-state index in [1.807, 2.05) is 0 Å². The predicted molar refractivity (Wildman–Crippen MR) is 118 cm³/mol. The summed E-state index contributed by atoms with van der Waals surface area (Å²) >= 11 is 0. The number of benzene rings is 2. The van der Waals surface area contributed by atoms with Gasteiger partial charge in [-0.3, -0.25) is 0 Å². The summed E-state index contributed by atoms with van der Waals surface area (Å²) < 4.78 is 257. The van der Waals surface area contributed by atoms with Crippen LogP contribution in [-0.4, -0.2) is 67.9 Å². The summed E-state index contributed by atoms with van der Waals surface area (Å²) in [5, 5.41) is -6.68. The third-order valence-electron chi connectivity index (χ3n) is 5.61. The van der Waals surface area contributed by atoms with Crippen molar-refractivity contribution in [2.24, 2.45) is 0 Å². The minimum Gasteiger partial charge on any atom is -0.215 e. The summed E-state index contributed by atoms with van der Waals surface area (Å²) in [4.78, 5) is 0. The monoisotopic (exact) mass is 702 g/mol. The molecular weight excluding hydrogens is 687 g/mol. The Labute approximate surface area is 231 Å². The highest BCUT2D eigenvalue weighted by Gasteiger charge is 2.96. The Balaban J connectivity index is 2.52. The minimum absolute atomic E-state index is 0.0494. The zero-order chi connectivity index (χ0) is 34.1. The molecule has 0 spiro atoms. The van der Waals surface area contributed by atoms with E-state index in [0.717, 1.165) is 0 Å². The van der Waals surface area contributed by atoms with Crippen LogP contribution in [0.15, 0.2) is 42.5 Å². The fourth-order valence-corrected chi connectivity index (χ4v) is 7.24. The largest absolute Gasteiger partial charge is 0.460 e. The van der Waals surface area contributed by atoms with Gasteiger partial charge in [-0.1, -0.05) is 42.5 Å². The lowest BCUT2D eigenvalue weighted by atomic mass is 9.91. The van der Waals surface area contributed by atoms with Gasteiger partial charge >= 0.3 is 57.1 Å². The lowest BCUT2D eigenvalue weighted by molar-refractivity contribution is -0.458. The number of alkyl halides is 17. The van der Waals surface area contributed by atoms with Crippen LogP contribution in [0.2, 0.25) is 0 Å². The van der Waals surface area contributed by atoms with E-state index in [2.05, 4.69) is 3.63 Å². The van der Waals surface area contributed by atoms with Crippen molar-refractivity contribution in [2.75, 3.05) is 12.5 Å². The van der Waals surface area contributed by atoms with Crippen LogP contribution in [0.4, 0.5) is 74.6 Å². The SMILES string of the molecule is CS(C)(Cc1ccc2ccccc2c1)OS(=O)(=O)C(F)(F)C(F)(F)C(F)(F)C(F)(F)C(F)(F)C(F)(F)C(F)(F)C(F)(F)F. The molecule has 0 saturated heterocycles. The molecule has 0 fully saturated rings. The summed E-state index contributed by atoms with van der Waals surface area (Å²) in [5.74, 6) is -52.7. The zero-order valence-corrected chi connectivity index (χ0v) is 22.3. The summed E-state index contributed by atoms with van der Waals surface area (Å²) in [7, 11) is -11.3. The average molecular weight is 702 g/mol. The second-order valence-electron chi connectivity index (χ2n) is 9.25. The number of rotatable bonds is 11. The Morgan fingerprint density at radius 3 is 1.40 bits per heavy atom. The zero-order valence-electron chi connectivity index (χ0n) is 20.7. The highest BCUT2D eigenvalue weighted by molar-refractivity contribution is 8.31. The Morgan fingerprint density at radius 1 is 0.558 bits per heavy atom. The van der Waals surface area contributed by atoms with Gasteiger partial charge in [0, 0.05) is 5.75 Å². The van der Waals surface area contributed by atoms with Gasteiger partial charge in [0.25, 0.3) is 0 Å². The molecule has 0 aliphatic heterocycles. The van der Waals surface area contributed by atoms with Crippen molar-refractivity contribution in [3.05, 3.63) is 48.0 Å². The van der Waals surface area contributed by atoms with Gasteiger partial charge < -0.3 is 0 Å². The van der Waals surface area contributed by atoms with Gasteiger partial charge in [-0.05, 0) is 28.8 Å². The summed E-state index contributed by atoms with van der Waals surface area (Å²) in [6, 6.07) is 10.1. The lowest BCUT2D eigenvalue weighted by Crippen LogP contribution is -2.75. The van der Waals surface area contributed by atoms with Crippen molar-refractivity contribution in [1.29, 1.82) is 0 Å². The first-order chi connectivity index (χ1) is 18.8. The van der Waals surface area contributed by atoms with Crippen LogP contribution < -0.4 is 0 Å². The molecule has 0 saturated carbocycles. The van der Waals surface area contributed by atoms with Crippen molar-refractivity contribution in [2.45, 2.75) is 52.7 Å². The first-order valence-electron chi connectivity index (χ1n) is 10.6. The molecule has 0 radical (unpaired) electrons. The van der Waals surface area contributed by atoms with E-state index in [1.165, 1.54) is 30.3 Å². The van der Waals surface area contributed by atoms with Crippen molar-refractivity contribution >= 4 is 31.2 Å². The molecule has 0 aromatic heterocycles. The molecule has 0 unspecified atom stereocenters. The smallest absolute Gasteiger partial charge is 0.215 e. The van der Waals surface area contributed by atoms with E-state index in [-0.39, 0.29) is 5.56 Å². The fourth-order valence-electron chi connectivity index (χ4n) is 3.35. The Kier molecular flexibility index (Phi) is 8.95. The maximum absolute atomic E-state index is 14.4. The third kappa shape index (κ3) is 5.59. The van der Waals surface area contributed by atoms with Crippen LogP contribution in [0.1, 0.15) is 5.56 Å². The molecule has 0 N–H and O–H groups in total. The molecule has 43 heavy (non-hydrogen) atoms. The first kappa shape index (κ1) is 37.0. The predicted octanol–water partition coefficient (Wildman–Crippen LogP) is 8.63. The highest BCUT2D eigenvalue weighted by Crippen LogP contribution is 2.65. The Hall–Kier alpha value is -2.23. The van der Waals surface area contributed by atoms with Gasteiger partial charge in [0.2, 0.25) is 0 Å². The minimum atomic E-state index is -8.89. The van der Waals surface area contributed by atoms with Crippen LogP contribution in [0.5, 0.6) is 0 Å². The van der Waals surface area contributed by atoms with Crippen molar-refractivity contribution in [1.82, 2.24) is 0 Å². The second kappa shape index (κ2) is 10.4. The van der Waals surface area contributed by atoms with E-state index in [4.69, 9.17) is 0 Å². The molecule has 2 aromatic rings. The topological polar surface area (TPSA) is 43.4 Å². The van der Waals surface area contributed by atoms with Gasteiger partial charge in [-0.2, -0.15) is 83.1 Å². The van der Waals surface area contributed by atoms with Crippen LogP contribution >= 0.6 is 10.3 Å². The molecule has 248 valence electrons. The molecule has 3 nitrogen and oxygen atoms in total. The molecule has 22 heteroatoms. The van der Waals surface area contributed by atoms with Crippen LogP contribution in [0.25, 0.3) is 10.8 Å². The summed E-state index contributed by atoms with van der Waals surface area (Å²) in [5.41, 5.74) is 0.0494. The number of hydrogen-bond acceptors (Lipinski definition) is 3. The molecule has 0 heterocycles. The summed E-state index contributed by atoms with van der Waals surface area (Å²) in [6.45, 7) is 0. The quantitative estimate of drug-likeness (QED) is 0.221. The van der Waals surface area contributed by atoms with Gasteiger partial charge in [-0.25, -0.2) is 3.63 Å². The van der Waals surface area contributed by atoms with E-state index >= 15 is 0 Å². The van der Waals surface area contributed by atoms with Crippen molar-refractivity contribution < 1.29 is 86.7 Å². The Bertz CT molecular complexity index is 1450. The molecular formula is C21H15F17O3S2. The summed E-state index contributed by atoms with van der Waals surface area (Å²) in [6.07, 6.45) is -6.60. The molecule has 0 atom stereocenters. The highest BCUT2D eigenvalue weighted by atomic mass is 32.3. The molecule has 0 aliphatic rings. The van der Waals surface area contributed by atoms with E-state index in [1.54, 1.807) is 12.1 Å². The standard InChI is InChI=1S/C21H15F17O3S2/c1-42(2,10-11-7-8-12-5-3-4-6-13(12)9-11)41-43(39,40)21(37,38)19(32,33)17(28,29)15(24,25)14(22,23)16(26,27)18(30,31)20(34,35)36/h3-9H,10H2,1-2H3. The molecule has 0 bridgehead atoms.